The third kappa shape index (κ3) is 14.7. The molecule has 0 aliphatic rings. The Hall–Kier alpha value is -2.20. The molecular formula is C20H39N5O5. The zero-order valence-corrected chi connectivity index (χ0v) is 18.9. The molecule has 0 aliphatic heterocycles. The molecule has 2 atom stereocenters. The average Bonchev–Trinajstić information content (AvgIpc) is 2.64. The second-order valence-corrected chi connectivity index (χ2v) is 8.28. The number of carbonyl (C=O) groups is 4. The van der Waals surface area contributed by atoms with Crippen LogP contribution < -0.4 is 26.6 Å². The summed E-state index contributed by atoms with van der Waals surface area (Å²) in [6, 6.07) is -1.36. The van der Waals surface area contributed by atoms with Crippen molar-refractivity contribution in [2.45, 2.75) is 77.4 Å². The molecule has 174 valence electrons. The van der Waals surface area contributed by atoms with E-state index in [0.29, 0.717) is 32.4 Å². The van der Waals surface area contributed by atoms with Gasteiger partial charge in [0.25, 0.3) is 0 Å². The molecule has 0 rings (SSSR count). The van der Waals surface area contributed by atoms with Crippen LogP contribution in [0.15, 0.2) is 0 Å². The molecule has 0 unspecified atom stereocenters. The molecule has 30 heavy (non-hydrogen) atoms. The fraction of sp³-hybridized carbons (Fsp3) is 0.800. The molecule has 0 fully saturated rings. The molecule has 0 aromatic rings. The Bertz CT molecular complexity index is 562. The monoisotopic (exact) mass is 429 g/mol. The van der Waals surface area contributed by atoms with Crippen LogP contribution in [0.2, 0.25) is 0 Å². The topological polar surface area (TPSA) is 149 Å². The van der Waals surface area contributed by atoms with Gasteiger partial charge in [-0.15, -0.1) is 0 Å². The third-order valence-corrected chi connectivity index (χ3v) is 4.36. The van der Waals surface area contributed by atoms with Gasteiger partial charge in [-0.25, -0.2) is 4.79 Å². The van der Waals surface area contributed by atoms with Gasteiger partial charge < -0.3 is 31.7 Å². The molecule has 10 nitrogen and oxygen atoms in total. The third-order valence-electron chi connectivity index (χ3n) is 4.36. The molecular weight excluding hydrogens is 390 g/mol. The zero-order valence-electron chi connectivity index (χ0n) is 18.9. The largest absolute Gasteiger partial charge is 0.480 e. The van der Waals surface area contributed by atoms with Gasteiger partial charge in [0.2, 0.25) is 17.7 Å². The maximum Gasteiger partial charge on any atom is 0.326 e. The van der Waals surface area contributed by atoms with E-state index in [1.165, 1.54) is 0 Å². The van der Waals surface area contributed by atoms with Crippen molar-refractivity contribution in [3.63, 3.8) is 0 Å². The normalized spacial score (nSPS) is 13.2. The number of likely N-dealkylation sites (N-methyl/N-ethyl adjacent to an activating group) is 1. The lowest BCUT2D eigenvalue weighted by Crippen LogP contribution is -2.44. The Labute approximate surface area is 179 Å². The maximum atomic E-state index is 11.9. The first-order valence-corrected chi connectivity index (χ1v) is 10.4. The quantitative estimate of drug-likeness (QED) is 0.196. The lowest BCUT2D eigenvalue weighted by Gasteiger charge is -2.20. The first-order valence-electron chi connectivity index (χ1n) is 10.4. The SMILES string of the molecule is CN[C@@H](C)C(=O)NCCC(=O)N[C@@H](CCCCNC(=O)CCNC(C)(C)C)C(=O)O. The van der Waals surface area contributed by atoms with Gasteiger partial charge in [0, 0.05) is 38.0 Å². The van der Waals surface area contributed by atoms with Crippen molar-refractivity contribution in [2.24, 2.45) is 0 Å². The Morgan fingerprint density at radius 2 is 1.53 bits per heavy atom. The highest BCUT2D eigenvalue weighted by Gasteiger charge is 2.19. The molecule has 0 spiro atoms. The van der Waals surface area contributed by atoms with Crippen molar-refractivity contribution in [3.05, 3.63) is 0 Å². The Balaban J connectivity index is 4.02. The summed E-state index contributed by atoms with van der Waals surface area (Å²) in [6.45, 7) is 8.98. The van der Waals surface area contributed by atoms with E-state index in [1.807, 2.05) is 20.8 Å². The Morgan fingerprint density at radius 1 is 0.900 bits per heavy atom. The molecule has 3 amide bonds. The fourth-order valence-corrected chi connectivity index (χ4v) is 2.45. The first kappa shape index (κ1) is 27.8. The van der Waals surface area contributed by atoms with Crippen LogP contribution in [-0.2, 0) is 19.2 Å². The molecule has 0 aromatic carbocycles. The van der Waals surface area contributed by atoms with Gasteiger partial charge >= 0.3 is 5.97 Å². The minimum atomic E-state index is -1.10. The first-order chi connectivity index (χ1) is 14.0. The highest BCUT2D eigenvalue weighted by molar-refractivity contribution is 5.85. The molecule has 0 saturated carbocycles. The average molecular weight is 430 g/mol. The minimum absolute atomic E-state index is 0.00458. The second-order valence-electron chi connectivity index (χ2n) is 8.28. The summed E-state index contributed by atoms with van der Waals surface area (Å²) in [7, 11) is 1.66. The van der Waals surface area contributed by atoms with Crippen molar-refractivity contribution in [1.82, 2.24) is 26.6 Å². The van der Waals surface area contributed by atoms with E-state index in [-0.39, 0.29) is 42.8 Å². The van der Waals surface area contributed by atoms with E-state index in [9.17, 15) is 24.3 Å². The van der Waals surface area contributed by atoms with Gasteiger partial charge in [-0.2, -0.15) is 0 Å². The summed E-state index contributed by atoms with van der Waals surface area (Å²) >= 11 is 0. The molecule has 0 heterocycles. The highest BCUT2D eigenvalue weighted by atomic mass is 16.4. The Kier molecular flexibility index (Phi) is 13.7. The number of hydrogen-bond acceptors (Lipinski definition) is 6. The number of rotatable bonds is 15. The zero-order chi connectivity index (χ0) is 23.2. The van der Waals surface area contributed by atoms with Crippen LogP contribution in [0.5, 0.6) is 0 Å². The number of carbonyl (C=O) groups excluding carboxylic acids is 3. The van der Waals surface area contributed by atoms with Crippen LogP contribution in [0, 0.1) is 0 Å². The molecule has 6 N–H and O–H groups in total. The van der Waals surface area contributed by atoms with E-state index in [4.69, 9.17) is 0 Å². The van der Waals surface area contributed by atoms with Crippen LogP contribution in [0.25, 0.3) is 0 Å². The van der Waals surface area contributed by atoms with E-state index in [1.54, 1.807) is 14.0 Å². The number of unbranched alkanes of at least 4 members (excludes halogenated alkanes) is 1. The second kappa shape index (κ2) is 14.7. The van der Waals surface area contributed by atoms with Gasteiger partial charge in [0.05, 0.1) is 6.04 Å². The Morgan fingerprint density at radius 3 is 2.10 bits per heavy atom. The van der Waals surface area contributed by atoms with Crippen molar-refractivity contribution >= 4 is 23.7 Å². The van der Waals surface area contributed by atoms with E-state index >= 15 is 0 Å². The van der Waals surface area contributed by atoms with E-state index in [2.05, 4.69) is 26.6 Å². The van der Waals surface area contributed by atoms with Crippen molar-refractivity contribution in [1.29, 1.82) is 0 Å². The van der Waals surface area contributed by atoms with Gasteiger partial charge in [0.1, 0.15) is 6.04 Å². The van der Waals surface area contributed by atoms with Gasteiger partial charge in [-0.3, -0.25) is 14.4 Å². The number of aliphatic carboxylic acids is 1. The maximum absolute atomic E-state index is 11.9. The molecule has 0 saturated heterocycles. The van der Waals surface area contributed by atoms with Crippen molar-refractivity contribution in [2.75, 3.05) is 26.7 Å². The van der Waals surface area contributed by atoms with Gasteiger partial charge in [0.15, 0.2) is 0 Å². The molecule has 10 heteroatoms. The van der Waals surface area contributed by atoms with Crippen LogP contribution in [0.3, 0.4) is 0 Å². The van der Waals surface area contributed by atoms with Crippen molar-refractivity contribution in [3.8, 4) is 0 Å². The van der Waals surface area contributed by atoms with Crippen LogP contribution in [-0.4, -0.2) is 73.1 Å². The van der Waals surface area contributed by atoms with E-state index in [0.717, 1.165) is 0 Å². The standard InChI is InChI=1S/C20H39N5O5/c1-14(21-5)18(28)23-12-9-17(27)25-15(19(29)30)8-6-7-11-22-16(26)10-13-24-20(2,3)4/h14-15,21,24H,6-13H2,1-5H3,(H,22,26)(H,23,28)(H,25,27)(H,29,30)/t14-,15-/m0/s1. The van der Waals surface area contributed by atoms with E-state index < -0.39 is 17.9 Å². The molecule has 0 aromatic heterocycles. The summed E-state index contributed by atoms with van der Waals surface area (Å²) < 4.78 is 0. The summed E-state index contributed by atoms with van der Waals surface area (Å²) in [5.41, 5.74) is -0.0344. The summed E-state index contributed by atoms with van der Waals surface area (Å²) in [6.07, 6.45) is 1.83. The number of hydrogen-bond donors (Lipinski definition) is 6. The summed E-state index contributed by atoms with van der Waals surface area (Å²) in [5.74, 6) is -1.81. The van der Waals surface area contributed by atoms with Gasteiger partial charge in [-0.1, -0.05) is 0 Å². The van der Waals surface area contributed by atoms with Crippen LogP contribution in [0.1, 0.15) is 59.8 Å². The predicted octanol–water partition coefficient (Wildman–Crippen LogP) is -0.265. The van der Waals surface area contributed by atoms with Crippen LogP contribution >= 0.6 is 0 Å². The molecule has 0 aliphatic carbocycles. The molecule has 0 radical (unpaired) electrons. The number of nitrogens with one attached hydrogen (secondary N) is 5. The van der Waals surface area contributed by atoms with Crippen LogP contribution in [0.4, 0.5) is 0 Å². The summed E-state index contributed by atoms with van der Waals surface area (Å²) in [5, 5.41) is 23.2. The smallest absolute Gasteiger partial charge is 0.326 e. The predicted molar refractivity (Wildman–Crippen MR) is 115 cm³/mol. The number of amides is 3. The minimum Gasteiger partial charge on any atom is -0.480 e. The molecule has 0 bridgehead atoms. The van der Waals surface area contributed by atoms with Gasteiger partial charge in [-0.05, 0) is 54.0 Å². The fourth-order valence-electron chi connectivity index (χ4n) is 2.45. The number of carboxylic acids is 1. The lowest BCUT2D eigenvalue weighted by atomic mass is 10.1. The van der Waals surface area contributed by atoms with Crippen molar-refractivity contribution < 1.29 is 24.3 Å². The summed E-state index contributed by atoms with van der Waals surface area (Å²) in [4.78, 5) is 46.6. The lowest BCUT2D eigenvalue weighted by molar-refractivity contribution is -0.142. The number of carboxylic acid groups (broad SMARTS) is 1. The highest BCUT2D eigenvalue weighted by Crippen LogP contribution is 2.02.